The van der Waals surface area contributed by atoms with Crippen LogP contribution in [0.2, 0.25) is 0 Å². The molecular weight excluding hydrogens is 279 g/mol. The number of benzene rings is 1. The minimum Gasteiger partial charge on any atom is -0.275 e. The maximum Gasteiger partial charge on any atom is 0.264 e. The molecule has 2 nitrogen and oxygen atoms in total. The second-order valence-corrected chi connectivity index (χ2v) is 4.42. The molecule has 78 valence electrons. The summed E-state index contributed by atoms with van der Waals surface area (Å²) >= 11 is 8.64. The van der Waals surface area contributed by atoms with Gasteiger partial charge in [-0.2, -0.15) is 0 Å². The van der Waals surface area contributed by atoms with E-state index in [0.717, 1.165) is 15.6 Å². The molecule has 0 aliphatic heterocycles. The van der Waals surface area contributed by atoms with E-state index in [1.165, 1.54) is 0 Å². The summed E-state index contributed by atoms with van der Waals surface area (Å²) < 4.78 is 0.897. The van der Waals surface area contributed by atoms with E-state index in [1.807, 2.05) is 26.0 Å². The molecule has 0 aliphatic carbocycles. The number of hydrogen-bond donors (Lipinski definition) is 0. The molecule has 1 aromatic carbocycles. The van der Waals surface area contributed by atoms with Gasteiger partial charge in [0.25, 0.3) is 5.24 Å². The lowest BCUT2D eigenvalue weighted by atomic mass is 9.97. The normalized spacial score (nSPS) is 9.60. The number of rotatable bonds is 2. The highest BCUT2D eigenvalue weighted by Gasteiger charge is 2.16. The van der Waals surface area contributed by atoms with E-state index in [1.54, 1.807) is 5.94 Å². The van der Waals surface area contributed by atoms with E-state index in [9.17, 15) is 9.59 Å². The Bertz CT molecular complexity index is 450. The first-order chi connectivity index (χ1) is 6.97. The van der Waals surface area contributed by atoms with Crippen molar-refractivity contribution >= 4 is 44.3 Å². The lowest BCUT2D eigenvalue weighted by Gasteiger charge is -2.08. The van der Waals surface area contributed by atoms with Gasteiger partial charge in [0.05, 0.1) is 0 Å². The van der Waals surface area contributed by atoms with Crippen LogP contribution in [0.25, 0.3) is 5.57 Å². The molecule has 0 saturated carbocycles. The van der Waals surface area contributed by atoms with Crippen LogP contribution in [-0.2, 0) is 9.59 Å². The SMILES string of the molecule is Cc1cc(Br)cc(C)c1C(=C=O)C(=O)Cl. The van der Waals surface area contributed by atoms with Crippen molar-refractivity contribution in [1.82, 2.24) is 0 Å². The number of halogens is 2. The molecule has 0 heterocycles. The van der Waals surface area contributed by atoms with Gasteiger partial charge in [0.1, 0.15) is 11.5 Å². The van der Waals surface area contributed by atoms with Crippen LogP contribution in [0, 0.1) is 13.8 Å². The molecule has 0 saturated heterocycles. The maximum absolute atomic E-state index is 11.0. The van der Waals surface area contributed by atoms with Gasteiger partial charge >= 0.3 is 0 Å². The van der Waals surface area contributed by atoms with E-state index in [4.69, 9.17) is 11.6 Å². The molecule has 0 unspecified atom stereocenters. The highest BCUT2D eigenvalue weighted by molar-refractivity contribution is 9.10. The van der Waals surface area contributed by atoms with Crippen molar-refractivity contribution in [2.75, 3.05) is 0 Å². The summed E-state index contributed by atoms with van der Waals surface area (Å²) in [5, 5.41) is -0.779. The third-order valence-electron chi connectivity index (χ3n) is 2.05. The first-order valence-corrected chi connectivity index (χ1v) is 5.36. The van der Waals surface area contributed by atoms with Gasteiger partial charge in [-0.3, -0.25) is 4.79 Å². The zero-order valence-corrected chi connectivity index (χ0v) is 10.6. The molecule has 0 aromatic heterocycles. The summed E-state index contributed by atoms with van der Waals surface area (Å²) in [5.41, 5.74) is 2.08. The minimum absolute atomic E-state index is 0.112. The monoisotopic (exact) mass is 286 g/mol. The Labute approximate surface area is 101 Å². The van der Waals surface area contributed by atoms with Crippen molar-refractivity contribution in [2.24, 2.45) is 0 Å². The van der Waals surface area contributed by atoms with Crippen LogP contribution in [0.15, 0.2) is 16.6 Å². The predicted octanol–water partition coefficient (Wildman–Crippen LogP) is 3.05. The van der Waals surface area contributed by atoms with Crippen molar-refractivity contribution in [3.63, 3.8) is 0 Å². The van der Waals surface area contributed by atoms with Crippen LogP contribution in [-0.4, -0.2) is 11.2 Å². The van der Waals surface area contributed by atoms with Crippen molar-refractivity contribution < 1.29 is 9.59 Å². The van der Waals surface area contributed by atoms with Crippen molar-refractivity contribution in [1.29, 1.82) is 0 Å². The predicted molar refractivity (Wildman–Crippen MR) is 63.6 cm³/mol. The van der Waals surface area contributed by atoms with Crippen LogP contribution >= 0.6 is 27.5 Å². The highest BCUT2D eigenvalue weighted by atomic mass is 79.9. The summed E-state index contributed by atoms with van der Waals surface area (Å²) in [6.07, 6.45) is 0. The molecule has 0 amide bonds. The largest absolute Gasteiger partial charge is 0.275 e. The van der Waals surface area contributed by atoms with Gasteiger partial charge in [-0.05, 0) is 48.7 Å². The Morgan fingerprint density at radius 1 is 1.33 bits per heavy atom. The minimum atomic E-state index is -0.779. The molecule has 0 atom stereocenters. The Morgan fingerprint density at radius 3 is 2.13 bits per heavy atom. The molecule has 0 radical (unpaired) electrons. The quantitative estimate of drug-likeness (QED) is 0.476. The Balaban J connectivity index is 3.50. The highest BCUT2D eigenvalue weighted by Crippen LogP contribution is 2.26. The molecular formula is C11H8BrClO2. The zero-order chi connectivity index (χ0) is 11.6. The standard InChI is InChI=1S/C11H8BrClO2/c1-6-3-8(12)4-7(2)10(6)9(5-14)11(13)15/h3-4H,1-2H3. The van der Waals surface area contributed by atoms with Crippen molar-refractivity contribution in [3.05, 3.63) is 33.3 Å². The third kappa shape index (κ3) is 2.57. The van der Waals surface area contributed by atoms with Gasteiger partial charge in [0, 0.05) is 10.0 Å². The van der Waals surface area contributed by atoms with Gasteiger partial charge in [-0.1, -0.05) is 15.9 Å². The number of allylic oxidation sites excluding steroid dienone is 1. The number of carbonyl (C=O) groups excluding carboxylic acids is 2. The third-order valence-corrected chi connectivity index (χ3v) is 2.69. The van der Waals surface area contributed by atoms with E-state index < -0.39 is 5.24 Å². The molecule has 1 aromatic rings. The second-order valence-electron chi connectivity index (χ2n) is 3.17. The van der Waals surface area contributed by atoms with Crippen LogP contribution in [0.5, 0.6) is 0 Å². The number of hydrogen-bond acceptors (Lipinski definition) is 2. The Morgan fingerprint density at radius 2 is 1.80 bits per heavy atom. The fourth-order valence-electron chi connectivity index (χ4n) is 1.49. The van der Waals surface area contributed by atoms with Crippen LogP contribution in [0.3, 0.4) is 0 Å². The Kier molecular flexibility index (Phi) is 3.86. The first-order valence-electron chi connectivity index (χ1n) is 4.19. The van der Waals surface area contributed by atoms with E-state index in [-0.39, 0.29) is 5.57 Å². The molecule has 1 rings (SSSR count). The first kappa shape index (κ1) is 12.2. The van der Waals surface area contributed by atoms with Crippen LogP contribution in [0.1, 0.15) is 16.7 Å². The molecule has 0 aliphatic rings. The van der Waals surface area contributed by atoms with Crippen molar-refractivity contribution in [3.8, 4) is 0 Å². The molecule has 0 bridgehead atoms. The average Bonchev–Trinajstić information content (AvgIpc) is 2.09. The Hall–Kier alpha value is -0.890. The fourth-order valence-corrected chi connectivity index (χ4v) is 2.31. The fraction of sp³-hybridized carbons (Fsp3) is 0.182. The lowest BCUT2D eigenvalue weighted by molar-refractivity contribution is -0.106. The number of carbonyl (C=O) groups is 1. The topological polar surface area (TPSA) is 34.1 Å². The van der Waals surface area contributed by atoms with E-state index in [0.29, 0.717) is 5.56 Å². The molecule has 0 N–H and O–H groups in total. The zero-order valence-electron chi connectivity index (χ0n) is 8.23. The summed E-state index contributed by atoms with van der Waals surface area (Å²) in [7, 11) is 0. The smallest absolute Gasteiger partial charge is 0.264 e. The van der Waals surface area contributed by atoms with Gasteiger partial charge in [0.2, 0.25) is 0 Å². The van der Waals surface area contributed by atoms with Gasteiger partial charge < -0.3 is 0 Å². The summed E-state index contributed by atoms with van der Waals surface area (Å²) in [6, 6.07) is 3.64. The summed E-state index contributed by atoms with van der Waals surface area (Å²) in [4.78, 5) is 21.7. The van der Waals surface area contributed by atoms with Gasteiger partial charge in [-0.25, -0.2) is 4.79 Å². The molecule has 0 fully saturated rings. The van der Waals surface area contributed by atoms with Gasteiger partial charge in [-0.15, -0.1) is 0 Å². The van der Waals surface area contributed by atoms with E-state index >= 15 is 0 Å². The van der Waals surface area contributed by atoms with Crippen LogP contribution < -0.4 is 0 Å². The second kappa shape index (κ2) is 4.75. The summed E-state index contributed by atoms with van der Waals surface area (Å²) in [5.74, 6) is 1.59. The molecule has 4 heteroatoms. The van der Waals surface area contributed by atoms with Gasteiger partial charge in [0.15, 0.2) is 0 Å². The molecule has 0 spiro atoms. The van der Waals surface area contributed by atoms with Crippen LogP contribution in [0.4, 0.5) is 0 Å². The molecule has 15 heavy (non-hydrogen) atoms. The average molecular weight is 288 g/mol. The summed E-state index contributed by atoms with van der Waals surface area (Å²) in [6.45, 7) is 3.62. The maximum atomic E-state index is 11.0. The lowest BCUT2D eigenvalue weighted by Crippen LogP contribution is -2.00. The number of aryl methyl sites for hydroxylation is 2. The van der Waals surface area contributed by atoms with E-state index in [2.05, 4.69) is 15.9 Å². The van der Waals surface area contributed by atoms with Crippen molar-refractivity contribution in [2.45, 2.75) is 13.8 Å².